The molecule has 0 fully saturated rings. The molecular formula is C14H18N2. The number of anilines is 1. The zero-order chi connectivity index (χ0) is 11.4. The SMILES string of the molecule is CCC1=CC=CN(c2ccncc2CC)C1. The van der Waals surface area contributed by atoms with Crippen molar-refractivity contribution in [1.29, 1.82) is 0 Å². The predicted molar refractivity (Wildman–Crippen MR) is 68.5 cm³/mol. The van der Waals surface area contributed by atoms with Gasteiger partial charge in [-0.15, -0.1) is 0 Å². The zero-order valence-corrected chi connectivity index (χ0v) is 9.98. The van der Waals surface area contributed by atoms with Crippen LogP contribution in [0.25, 0.3) is 0 Å². The topological polar surface area (TPSA) is 16.1 Å². The fraction of sp³-hybridized carbons (Fsp3) is 0.357. The van der Waals surface area contributed by atoms with Crippen molar-refractivity contribution in [3.8, 4) is 0 Å². The molecular weight excluding hydrogens is 196 g/mol. The van der Waals surface area contributed by atoms with E-state index >= 15 is 0 Å². The van der Waals surface area contributed by atoms with Gasteiger partial charge in [-0.1, -0.05) is 25.5 Å². The van der Waals surface area contributed by atoms with E-state index in [0.29, 0.717) is 0 Å². The summed E-state index contributed by atoms with van der Waals surface area (Å²) in [6, 6.07) is 2.10. The number of aryl methyl sites for hydroxylation is 1. The van der Waals surface area contributed by atoms with E-state index in [4.69, 9.17) is 0 Å². The largest absolute Gasteiger partial charge is 0.344 e. The number of nitrogens with zero attached hydrogens (tertiary/aromatic N) is 2. The molecule has 0 amide bonds. The summed E-state index contributed by atoms with van der Waals surface area (Å²) in [5.74, 6) is 0. The van der Waals surface area contributed by atoms with Crippen LogP contribution in [0.2, 0.25) is 0 Å². The minimum absolute atomic E-state index is 1.00. The lowest BCUT2D eigenvalue weighted by molar-refractivity contribution is 0.928. The molecule has 0 unspecified atom stereocenters. The van der Waals surface area contributed by atoms with E-state index in [0.717, 1.165) is 19.4 Å². The van der Waals surface area contributed by atoms with E-state index in [-0.39, 0.29) is 0 Å². The summed E-state index contributed by atoms with van der Waals surface area (Å²) >= 11 is 0. The van der Waals surface area contributed by atoms with Crippen LogP contribution in [0.4, 0.5) is 5.69 Å². The third-order valence-corrected chi connectivity index (χ3v) is 2.99. The lowest BCUT2D eigenvalue weighted by Gasteiger charge is -2.26. The summed E-state index contributed by atoms with van der Waals surface area (Å²) in [7, 11) is 0. The molecule has 0 N–H and O–H groups in total. The first-order valence-electron chi connectivity index (χ1n) is 5.91. The van der Waals surface area contributed by atoms with Gasteiger partial charge >= 0.3 is 0 Å². The van der Waals surface area contributed by atoms with Gasteiger partial charge in [0.25, 0.3) is 0 Å². The van der Waals surface area contributed by atoms with Gasteiger partial charge in [0.05, 0.1) is 0 Å². The monoisotopic (exact) mass is 214 g/mol. The molecule has 0 saturated heterocycles. The lowest BCUT2D eigenvalue weighted by Crippen LogP contribution is -2.22. The Morgan fingerprint density at radius 1 is 1.31 bits per heavy atom. The van der Waals surface area contributed by atoms with Crippen LogP contribution in [-0.4, -0.2) is 11.5 Å². The Bertz CT molecular complexity index is 418. The minimum atomic E-state index is 1.00. The quantitative estimate of drug-likeness (QED) is 0.767. The number of allylic oxidation sites excluding steroid dienone is 2. The Morgan fingerprint density at radius 2 is 2.19 bits per heavy atom. The minimum Gasteiger partial charge on any atom is -0.344 e. The van der Waals surface area contributed by atoms with Crippen molar-refractivity contribution in [3.63, 3.8) is 0 Å². The van der Waals surface area contributed by atoms with E-state index in [1.807, 2.05) is 12.4 Å². The first kappa shape index (κ1) is 10.9. The highest BCUT2D eigenvalue weighted by Gasteiger charge is 2.11. The van der Waals surface area contributed by atoms with Crippen molar-refractivity contribution in [2.45, 2.75) is 26.7 Å². The maximum absolute atomic E-state index is 4.18. The van der Waals surface area contributed by atoms with Crippen LogP contribution >= 0.6 is 0 Å². The van der Waals surface area contributed by atoms with Crippen molar-refractivity contribution in [3.05, 3.63) is 47.9 Å². The van der Waals surface area contributed by atoms with Gasteiger partial charge < -0.3 is 4.90 Å². The molecule has 1 aromatic heterocycles. The second kappa shape index (κ2) is 4.97. The molecule has 0 aliphatic carbocycles. The van der Waals surface area contributed by atoms with Gasteiger partial charge in [-0.05, 0) is 30.5 Å². The molecule has 1 aromatic rings. The molecule has 1 aliphatic rings. The fourth-order valence-corrected chi connectivity index (χ4v) is 1.97. The summed E-state index contributed by atoms with van der Waals surface area (Å²) in [6.45, 7) is 5.38. The number of pyridine rings is 1. The van der Waals surface area contributed by atoms with Gasteiger partial charge in [-0.2, -0.15) is 0 Å². The normalized spacial score (nSPS) is 15.1. The Morgan fingerprint density at radius 3 is 2.94 bits per heavy atom. The molecule has 84 valence electrons. The van der Waals surface area contributed by atoms with Crippen LogP contribution in [0.5, 0.6) is 0 Å². The fourth-order valence-electron chi connectivity index (χ4n) is 1.97. The second-order valence-corrected chi connectivity index (χ2v) is 4.01. The number of hydrogen-bond acceptors (Lipinski definition) is 2. The summed E-state index contributed by atoms with van der Waals surface area (Å²) in [4.78, 5) is 6.49. The summed E-state index contributed by atoms with van der Waals surface area (Å²) in [5.41, 5.74) is 4.07. The molecule has 2 heteroatoms. The molecule has 0 spiro atoms. The number of aromatic nitrogens is 1. The van der Waals surface area contributed by atoms with Crippen LogP contribution < -0.4 is 4.90 Å². The molecule has 2 heterocycles. The zero-order valence-electron chi connectivity index (χ0n) is 9.98. The molecule has 0 bridgehead atoms. The summed E-state index contributed by atoms with van der Waals surface area (Å²) < 4.78 is 0. The van der Waals surface area contributed by atoms with Gasteiger partial charge in [0.2, 0.25) is 0 Å². The van der Waals surface area contributed by atoms with E-state index in [1.54, 1.807) is 0 Å². The van der Waals surface area contributed by atoms with Gasteiger partial charge in [-0.3, -0.25) is 4.98 Å². The second-order valence-electron chi connectivity index (χ2n) is 4.01. The summed E-state index contributed by atoms with van der Waals surface area (Å²) in [6.07, 6.45) is 12.5. The molecule has 0 saturated carbocycles. The Kier molecular flexibility index (Phi) is 3.40. The molecule has 1 aliphatic heterocycles. The smallest absolute Gasteiger partial charge is 0.0472 e. The van der Waals surface area contributed by atoms with E-state index in [9.17, 15) is 0 Å². The van der Waals surface area contributed by atoms with Crippen LogP contribution in [0.15, 0.2) is 42.4 Å². The molecule has 2 nitrogen and oxygen atoms in total. The number of hydrogen-bond donors (Lipinski definition) is 0. The van der Waals surface area contributed by atoms with Crippen LogP contribution in [0, 0.1) is 0 Å². The molecule has 16 heavy (non-hydrogen) atoms. The van der Waals surface area contributed by atoms with Gasteiger partial charge in [0.15, 0.2) is 0 Å². The lowest BCUT2D eigenvalue weighted by atomic mass is 10.1. The Hall–Kier alpha value is -1.57. The average Bonchev–Trinajstić information content (AvgIpc) is 2.38. The third-order valence-electron chi connectivity index (χ3n) is 2.99. The molecule has 0 radical (unpaired) electrons. The maximum Gasteiger partial charge on any atom is 0.0472 e. The van der Waals surface area contributed by atoms with Gasteiger partial charge in [0.1, 0.15) is 0 Å². The van der Waals surface area contributed by atoms with Gasteiger partial charge in [-0.25, -0.2) is 0 Å². The predicted octanol–water partition coefficient (Wildman–Crippen LogP) is 3.31. The van der Waals surface area contributed by atoms with Crippen molar-refractivity contribution < 1.29 is 0 Å². The summed E-state index contributed by atoms with van der Waals surface area (Å²) in [5, 5.41) is 0. The van der Waals surface area contributed by atoms with Crippen LogP contribution in [-0.2, 0) is 6.42 Å². The van der Waals surface area contributed by atoms with E-state index in [1.165, 1.54) is 16.8 Å². The molecule has 2 rings (SSSR count). The number of rotatable bonds is 3. The Labute approximate surface area is 97.3 Å². The standard InChI is InChI=1S/C14H18N2/c1-3-12-6-5-9-16(11-12)14-7-8-15-10-13(14)4-2/h5-10H,3-4,11H2,1-2H3. The van der Waals surface area contributed by atoms with Crippen molar-refractivity contribution in [2.75, 3.05) is 11.4 Å². The van der Waals surface area contributed by atoms with Gasteiger partial charge in [0, 0.05) is 30.8 Å². The highest BCUT2D eigenvalue weighted by Crippen LogP contribution is 2.23. The van der Waals surface area contributed by atoms with Crippen molar-refractivity contribution in [1.82, 2.24) is 4.98 Å². The third kappa shape index (κ3) is 2.16. The first-order valence-corrected chi connectivity index (χ1v) is 5.91. The first-order chi connectivity index (χ1) is 7.85. The van der Waals surface area contributed by atoms with Crippen molar-refractivity contribution in [2.24, 2.45) is 0 Å². The Balaban J connectivity index is 2.26. The van der Waals surface area contributed by atoms with E-state index in [2.05, 4.69) is 48.1 Å². The van der Waals surface area contributed by atoms with Crippen molar-refractivity contribution >= 4 is 5.69 Å². The van der Waals surface area contributed by atoms with Crippen LogP contribution in [0.1, 0.15) is 25.8 Å². The van der Waals surface area contributed by atoms with E-state index < -0.39 is 0 Å². The maximum atomic E-state index is 4.18. The van der Waals surface area contributed by atoms with Crippen LogP contribution in [0.3, 0.4) is 0 Å². The molecule has 0 atom stereocenters. The molecule has 0 aromatic carbocycles. The highest BCUT2D eigenvalue weighted by molar-refractivity contribution is 5.57. The average molecular weight is 214 g/mol. The highest BCUT2D eigenvalue weighted by atomic mass is 15.1.